The first-order chi connectivity index (χ1) is 7.86. The van der Waals surface area contributed by atoms with Gasteiger partial charge in [0.15, 0.2) is 0 Å². The minimum atomic E-state index is -0.237. The van der Waals surface area contributed by atoms with Crippen molar-refractivity contribution >= 4 is 0 Å². The van der Waals surface area contributed by atoms with E-state index in [-0.39, 0.29) is 23.2 Å². The van der Waals surface area contributed by atoms with E-state index >= 15 is 0 Å². The highest BCUT2D eigenvalue weighted by Crippen LogP contribution is 2.46. The maximum atomic E-state index is 6.08. The average Bonchev–Trinajstić information content (AvgIpc) is 2.74. The summed E-state index contributed by atoms with van der Waals surface area (Å²) in [6, 6.07) is -0.0504. The summed E-state index contributed by atoms with van der Waals surface area (Å²) in [5.41, 5.74) is 3.29. The molecule has 1 aliphatic rings. The monoisotopic (exact) mass is 239 g/mol. The summed E-state index contributed by atoms with van der Waals surface area (Å²) in [5, 5.41) is 10.6. The molecule has 1 saturated heterocycles. The van der Waals surface area contributed by atoms with E-state index < -0.39 is 0 Å². The van der Waals surface area contributed by atoms with Crippen LogP contribution >= 0.6 is 0 Å². The Morgan fingerprint density at radius 3 is 2.65 bits per heavy atom. The van der Waals surface area contributed by atoms with Crippen LogP contribution in [0.5, 0.6) is 0 Å². The molecule has 1 aromatic rings. The standard InChI is InChI=1S/C11H21N5O/c1-10(2)5-7(11(3,4)17-10)9(14-12)8-6-13-16-15-8/h6-7,9,14H,5,12H2,1-4H3,(H,13,15,16). The molecule has 0 saturated carbocycles. The lowest BCUT2D eigenvalue weighted by Crippen LogP contribution is -2.41. The van der Waals surface area contributed by atoms with Crippen molar-refractivity contribution in [1.29, 1.82) is 0 Å². The van der Waals surface area contributed by atoms with Gasteiger partial charge in [0.05, 0.1) is 23.4 Å². The first-order valence-corrected chi connectivity index (χ1v) is 5.88. The van der Waals surface area contributed by atoms with Crippen molar-refractivity contribution in [3.8, 4) is 0 Å². The van der Waals surface area contributed by atoms with E-state index in [1.54, 1.807) is 6.20 Å². The molecule has 17 heavy (non-hydrogen) atoms. The van der Waals surface area contributed by atoms with Crippen LogP contribution in [0, 0.1) is 5.92 Å². The second kappa shape index (κ2) is 4.04. The molecule has 2 heterocycles. The Hall–Kier alpha value is -0.980. The molecule has 1 fully saturated rings. The van der Waals surface area contributed by atoms with Crippen LogP contribution in [-0.2, 0) is 4.74 Å². The van der Waals surface area contributed by atoms with Gasteiger partial charge >= 0.3 is 0 Å². The molecular weight excluding hydrogens is 218 g/mol. The lowest BCUT2D eigenvalue weighted by Gasteiger charge is -2.31. The maximum absolute atomic E-state index is 6.08. The maximum Gasteiger partial charge on any atom is 0.101 e. The quantitative estimate of drug-likeness (QED) is 0.539. The van der Waals surface area contributed by atoms with Crippen molar-refractivity contribution in [1.82, 2.24) is 20.8 Å². The first kappa shape index (κ1) is 12.5. The number of nitrogens with one attached hydrogen (secondary N) is 2. The Balaban J connectivity index is 2.26. The van der Waals surface area contributed by atoms with Gasteiger partial charge in [-0.3, -0.25) is 11.3 Å². The molecule has 4 N–H and O–H groups in total. The molecule has 1 aliphatic heterocycles. The molecule has 1 aromatic heterocycles. The Morgan fingerprint density at radius 2 is 2.24 bits per heavy atom. The SMILES string of the molecule is CC1(C)CC(C(NN)c2cn[nH]n2)C(C)(C)O1. The molecule has 6 heteroatoms. The van der Waals surface area contributed by atoms with Crippen molar-refractivity contribution in [3.05, 3.63) is 11.9 Å². The molecule has 2 atom stereocenters. The topological polar surface area (TPSA) is 88.8 Å². The summed E-state index contributed by atoms with van der Waals surface area (Å²) in [4.78, 5) is 0. The van der Waals surface area contributed by atoms with Gasteiger partial charge in [-0.2, -0.15) is 15.4 Å². The highest BCUT2D eigenvalue weighted by Gasteiger charge is 2.49. The fourth-order valence-electron chi connectivity index (χ4n) is 2.89. The van der Waals surface area contributed by atoms with Crippen LogP contribution < -0.4 is 11.3 Å². The zero-order valence-corrected chi connectivity index (χ0v) is 10.8. The van der Waals surface area contributed by atoms with E-state index in [9.17, 15) is 0 Å². The third kappa shape index (κ3) is 2.34. The second-order valence-electron chi connectivity index (χ2n) is 5.82. The van der Waals surface area contributed by atoms with E-state index in [1.807, 2.05) is 0 Å². The smallest absolute Gasteiger partial charge is 0.101 e. The number of H-pyrrole nitrogens is 1. The lowest BCUT2D eigenvalue weighted by molar-refractivity contribution is -0.0780. The number of hydrogen-bond acceptors (Lipinski definition) is 5. The van der Waals surface area contributed by atoms with Gasteiger partial charge in [-0.05, 0) is 34.1 Å². The lowest BCUT2D eigenvalue weighted by atomic mass is 9.81. The summed E-state index contributed by atoms with van der Waals surface area (Å²) < 4.78 is 6.08. The van der Waals surface area contributed by atoms with Gasteiger partial charge in [-0.25, -0.2) is 0 Å². The Morgan fingerprint density at radius 1 is 1.53 bits per heavy atom. The third-order valence-corrected chi connectivity index (χ3v) is 3.48. The van der Waals surface area contributed by atoms with Crippen molar-refractivity contribution in [2.24, 2.45) is 11.8 Å². The molecule has 6 nitrogen and oxygen atoms in total. The molecule has 2 unspecified atom stereocenters. The van der Waals surface area contributed by atoms with Crippen molar-refractivity contribution in [2.75, 3.05) is 0 Å². The fraction of sp³-hybridized carbons (Fsp3) is 0.818. The zero-order chi connectivity index (χ0) is 12.7. The fourth-order valence-corrected chi connectivity index (χ4v) is 2.89. The van der Waals surface area contributed by atoms with Crippen LogP contribution in [0.15, 0.2) is 6.20 Å². The Bertz CT molecular complexity index is 373. The summed E-state index contributed by atoms with van der Waals surface area (Å²) in [5.74, 6) is 5.92. The molecule has 0 spiro atoms. The number of ether oxygens (including phenoxy) is 1. The number of nitrogens with two attached hydrogens (primary N) is 1. The number of aromatic nitrogens is 3. The van der Waals surface area contributed by atoms with Crippen LogP contribution in [-0.4, -0.2) is 26.6 Å². The highest BCUT2D eigenvalue weighted by molar-refractivity contribution is 5.08. The van der Waals surface area contributed by atoms with E-state index in [0.29, 0.717) is 0 Å². The van der Waals surface area contributed by atoms with Gasteiger partial charge in [-0.15, -0.1) is 0 Å². The largest absolute Gasteiger partial charge is 0.369 e. The van der Waals surface area contributed by atoms with Crippen molar-refractivity contribution in [2.45, 2.75) is 51.4 Å². The molecule has 0 bridgehead atoms. The van der Waals surface area contributed by atoms with Gasteiger partial charge in [0.1, 0.15) is 5.69 Å². The molecule has 0 aromatic carbocycles. The highest BCUT2D eigenvalue weighted by atomic mass is 16.5. The van der Waals surface area contributed by atoms with Crippen LogP contribution in [0.1, 0.15) is 45.9 Å². The predicted octanol–water partition coefficient (Wildman–Crippen LogP) is 0.903. The number of nitrogens with zero attached hydrogens (tertiary/aromatic N) is 2. The van der Waals surface area contributed by atoms with Gasteiger partial charge in [0.2, 0.25) is 0 Å². The molecule has 96 valence electrons. The van der Waals surface area contributed by atoms with Gasteiger partial charge in [0.25, 0.3) is 0 Å². The molecule has 0 radical (unpaired) electrons. The van der Waals surface area contributed by atoms with Crippen LogP contribution in [0.2, 0.25) is 0 Å². The van der Waals surface area contributed by atoms with Crippen LogP contribution in [0.4, 0.5) is 0 Å². The van der Waals surface area contributed by atoms with E-state index in [1.165, 1.54) is 0 Å². The minimum Gasteiger partial charge on any atom is -0.369 e. The molecule has 0 amide bonds. The summed E-state index contributed by atoms with van der Waals surface area (Å²) in [6.45, 7) is 8.39. The minimum absolute atomic E-state index is 0.0504. The van der Waals surface area contributed by atoms with Crippen LogP contribution in [0.3, 0.4) is 0 Å². The summed E-state index contributed by atoms with van der Waals surface area (Å²) >= 11 is 0. The molecule has 0 aliphatic carbocycles. The Labute approximate surface area is 101 Å². The normalized spacial score (nSPS) is 28.2. The van der Waals surface area contributed by atoms with Gasteiger partial charge in [-0.1, -0.05) is 0 Å². The van der Waals surface area contributed by atoms with Gasteiger partial charge < -0.3 is 4.74 Å². The Kier molecular flexibility index (Phi) is 2.97. The van der Waals surface area contributed by atoms with Crippen molar-refractivity contribution < 1.29 is 4.74 Å². The number of hydrazine groups is 1. The zero-order valence-electron chi connectivity index (χ0n) is 10.8. The first-order valence-electron chi connectivity index (χ1n) is 5.88. The number of aromatic amines is 1. The van der Waals surface area contributed by atoms with E-state index in [2.05, 4.69) is 48.5 Å². The summed E-state index contributed by atoms with van der Waals surface area (Å²) in [6.07, 6.45) is 2.63. The summed E-state index contributed by atoms with van der Waals surface area (Å²) in [7, 11) is 0. The van der Waals surface area contributed by atoms with E-state index in [0.717, 1.165) is 12.1 Å². The molecular formula is C11H21N5O. The van der Waals surface area contributed by atoms with Crippen LogP contribution in [0.25, 0.3) is 0 Å². The predicted molar refractivity (Wildman–Crippen MR) is 63.8 cm³/mol. The van der Waals surface area contributed by atoms with Crippen molar-refractivity contribution in [3.63, 3.8) is 0 Å². The number of rotatable bonds is 3. The number of hydrogen-bond donors (Lipinski definition) is 3. The molecule has 2 rings (SSSR count). The third-order valence-electron chi connectivity index (χ3n) is 3.48. The second-order valence-corrected chi connectivity index (χ2v) is 5.82. The van der Waals surface area contributed by atoms with E-state index in [4.69, 9.17) is 10.6 Å². The van der Waals surface area contributed by atoms with Gasteiger partial charge in [0, 0.05) is 5.92 Å². The average molecular weight is 239 g/mol.